The Bertz CT molecular complexity index is 1220. The van der Waals surface area contributed by atoms with Crippen LogP contribution in [0, 0.1) is 12.7 Å². The minimum absolute atomic E-state index is 0.0328. The van der Waals surface area contributed by atoms with Crippen molar-refractivity contribution >= 4 is 40.7 Å². The second kappa shape index (κ2) is 10.0. The molecule has 1 unspecified atom stereocenters. The summed E-state index contributed by atoms with van der Waals surface area (Å²) in [6, 6.07) is 2.50. The average molecular weight is 484 g/mol. The van der Waals surface area contributed by atoms with Gasteiger partial charge in [-0.25, -0.2) is 4.39 Å². The predicted octanol–water partition coefficient (Wildman–Crippen LogP) is 2.27. The van der Waals surface area contributed by atoms with E-state index >= 15 is 0 Å². The molecule has 5 N–H and O–H groups in total. The number of hydrogen-bond donors (Lipinski definition) is 5. The van der Waals surface area contributed by atoms with E-state index in [1.165, 1.54) is 19.1 Å². The van der Waals surface area contributed by atoms with Crippen molar-refractivity contribution in [2.75, 3.05) is 36.8 Å². The van der Waals surface area contributed by atoms with Crippen molar-refractivity contribution in [3.8, 4) is 0 Å². The Morgan fingerprint density at radius 1 is 1.34 bits per heavy atom. The van der Waals surface area contributed by atoms with Crippen molar-refractivity contribution in [1.29, 1.82) is 0 Å². The molecule has 2 aliphatic rings. The topological polar surface area (TPSA) is 127 Å². The molecule has 10 heteroatoms. The number of H-pyrrole nitrogens is 1. The zero-order chi connectivity index (χ0) is 25.3. The van der Waals surface area contributed by atoms with Crippen LogP contribution in [0.1, 0.15) is 53.1 Å². The molecule has 1 aromatic heterocycles. The number of carbonyl (C=O) groups is 3. The van der Waals surface area contributed by atoms with Crippen LogP contribution in [-0.2, 0) is 16.0 Å². The number of anilines is 2. The summed E-state index contributed by atoms with van der Waals surface area (Å²) in [5, 5.41) is 17.6. The fourth-order valence-electron chi connectivity index (χ4n) is 4.44. The molecule has 9 nitrogen and oxygen atoms in total. The normalized spacial score (nSPS) is 17.2. The van der Waals surface area contributed by atoms with Crippen LogP contribution in [-0.4, -0.2) is 65.0 Å². The van der Waals surface area contributed by atoms with Crippen molar-refractivity contribution in [2.45, 2.75) is 39.7 Å². The van der Waals surface area contributed by atoms with Crippen LogP contribution in [0.4, 0.5) is 15.8 Å². The van der Waals surface area contributed by atoms with Gasteiger partial charge >= 0.3 is 0 Å². The monoisotopic (exact) mass is 483 g/mol. The fourth-order valence-corrected chi connectivity index (χ4v) is 4.44. The number of nitrogens with zero attached hydrogens (tertiary/aromatic N) is 1. The lowest BCUT2D eigenvalue weighted by atomic mass is 10.0. The van der Waals surface area contributed by atoms with Gasteiger partial charge in [0.05, 0.1) is 22.5 Å². The molecule has 3 amide bonds. The number of benzene rings is 1. The molecule has 0 saturated carbocycles. The highest BCUT2D eigenvalue weighted by Crippen LogP contribution is 2.37. The molecule has 1 aromatic carbocycles. The van der Waals surface area contributed by atoms with Crippen molar-refractivity contribution in [3.05, 3.63) is 46.0 Å². The van der Waals surface area contributed by atoms with Crippen LogP contribution < -0.4 is 16.0 Å². The Morgan fingerprint density at radius 2 is 2.11 bits per heavy atom. The minimum Gasteiger partial charge on any atom is -0.384 e. The Kier molecular flexibility index (Phi) is 7.04. The lowest BCUT2D eigenvalue weighted by Crippen LogP contribution is -2.37. The molecular formula is C25H30FN5O4. The summed E-state index contributed by atoms with van der Waals surface area (Å²) in [5.74, 6) is -1.93. The van der Waals surface area contributed by atoms with Gasteiger partial charge in [-0.2, -0.15) is 0 Å². The largest absolute Gasteiger partial charge is 0.384 e. The summed E-state index contributed by atoms with van der Waals surface area (Å²) in [7, 11) is 0. The first-order valence-corrected chi connectivity index (χ1v) is 11.8. The van der Waals surface area contributed by atoms with E-state index in [1.54, 1.807) is 6.08 Å². The molecule has 0 spiro atoms. The van der Waals surface area contributed by atoms with Gasteiger partial charge in [-0.3, -0.25) is 14.4 Å². The molecule has 2 aromatic rings. The molecular weight excluding hydrogens is 453 g/mol. The summed E-state index contributed by atoms with van der Waals surface area (Å²) >= 11 is 0. The summed E-state index contributed by atoms with van der Waals surface area (Å²) in [6.07, 6.45) is 1.87. The van der Waals surface area contributed by atoms with Crippen LogP contribution >= 0.6 is 0 Å². The number of rotatable bonds is 7. The Hall–Kier alpha value is -3.50. The Balaban J connectivity index is 1.66. The number of aryl methyl sites for hydroxylation is 1. The summed E-state index contributed by atoms with van der Waals surface area (Å²) in [4.78, 5) is 42.9. The third-order valence-corrected chi connectivity index (χ3v) is 6.35. The van der Waals surface area contributed by atoms with Crippen LogP contribution in [0.25, 0.3) is 11.6 Å². The molecule has 0 bridgehead atoms. The molecule has 0 saturated heterocycles. The molecule has 1 atom stereocenters. The van der Waals surface area contributed by atoms with E-state index in [1.807, 2.05) is 18.7 Å². The van der Waals surface area contributed by atoms with E-state index in [0.29, 0.717) is 42.0 Å². The van der Waals surface area contributed by atoms with Gasteiger partial charge in [-0.05, 0) is 57.0 Å². The first kappa shape index (κ1) is 24.6. The van der Waals surface area contributed by atoms with Crippen molar-refractivity contribution in [3.63, 3.8) is 0 Å². The third kappa shape index (κ3) is 4.85. The van der Waals surface area contributed by atoms with Crippen molar-refractivity contribution in [2.24, 2.45) is 0 Å². The SMILES string of the molecule is CCNCCN1CCCc2[nH]c(/C=C3\C(=O)Nc4cc(NC(=O)C(C)O)c(F)cc43)c(C)c2C1=O. The van der Waals surface area contributed by atoms with Gasteiger partial charge < -0.3 is 30.9 Å². The highest BCUT2D eigenvalue weighted by atomic mass is 19.1. The van der Waals surface area contributed by atoms with E-state index < -0.39 is 23.7 Å². The first-order valence-electron chi connectivity index (χ1n) is 11.8. The van der Waals surface area contributed by atoms with Gasteiger partial charge in [0.15, 0.2) is 0 Å². The second-order valence-electron chi connectivity index (χ2n) is 8.82. The van der Waals surface area contributed by atoms with E-state index in [9.17, 15) is 23.9 Å². The summed E-state index contributed by atoms with van der Waals surface area (Å²) in [6.45, 7) is 8.01. The number of aromatic amines is 1. The number of nitrogens with one attached hydrogen (secondary N) is 4. The maximum absolute atomic E-state index is 14.7. The Morgan fingerprint density at radius 3 is 2.83 bits per heavy atom. The summed E-state index contributed by atoms with van der Waals surface area (Å²) in [5.41, 5.74) is 3.66. The lowest BCUT2D eigenvalue weighted by Gasteiger charge is -2.21. The lowest BCUT2D eigenvalue weighted by molar-refractivity contribution is -0.123. The van der Waals surface area contributed by atoms with Crippen LogP contribution in [0.2, 0.25) is 0 Å². The maximum Gasteiger partial charge on any atom is 0.256 e. The van der Waals surface area contributed by atoms with Gasteiger partial charge in [-0.1, -0.05) is 6.92 Å². The van der Waals surface area contributed by atoms with Gasteiger partial charge in [0, 0.05) is 36.6 Å². The highest BCUT2D eigenvalue weighted by Gasteiger charge is 2.30. The number of carbonyl (C=O) groups excluding carboxylic acids is 3. The maximum atomic E-state index is 14.7. The molecule has 4 rings (SSSR count). The number of halogens is 1. The van der Waals surface area contributed by atoms with E-state index in [4.69, 9.17) is 0 Å². The molecule has 2 aliphatic heterocycles. The van der Waals surface area contributed by atoms with Gasteiger partial charge in [0.1, 0.15) is 11.9 Å². The number of hydrogen-bond acceptors (Lipinski definition) is 5. The summed E-state index contributed by atoms with van der Waals surface area (Å²) < 4.78 is 14.7. The number of fused-ring (bicyclic) bond motifs is 2. The number of aliphatic hydroxyl groups is 1. The number of aromatic nitrogens is 1. The zero-order valence-corrected chi connectivity index (χ0v) is 20.0. The van der Waals surface area contributed by atoms with E-state index in [2.05, 4.69) is 20.9 Å². The molecule has 3 heterocycles. The average Bonchev–Trinajstić information content (AvgIpc) is 3.22. The number of aliphatic hydroxyl groups excluding tert-OH is 1. The molecule has 0 aliphatic carbocycles. The fraction of sp³-hybridized carbons (Fsp3) is 0.400. The first-order chi connectivity index (χ1) is 16.7. The molecule has 0 fully saturated rings. The zero-order valence-electron chi connectivity index (χ0n) is 20.0. The van der Waals surface area contributed by atoms with Crippen LogP contribution in [0.15, 0.2) is 12.1 Å². The van der Waals surface area contributed by atoms with Gasteiger partial charge in [-0.15, -0.1) is 0 Å². The van der Waals surface area contributed by atoms with Crippen LogP contribution in [0.3, 0.4) is 0 Å². The molecule has 35 heavy (non-hydrogen) atoms. The molecule has 0 radical (unpaired) electrons. The van der Waals surface area contributed by atoms with Crippen LogP contribution in [0.5, 0.6) is 0 Å². The van der Waals surface area contributed by atoms with Gasteiger partial charge in [0.2, 0.25) is 0 Å². The van der Waals surface area contributed by atoms with Gasteiger partial charge in [0.25, 0.3) is 17.7 Å². The second-order valence-corrected chi connectivity index (χ2v) is 8.82. The number of amides is 3. The minimum atomic E-state index is -1.31. The quantitative estimate of drug-likeness (QED) is 0.305. The Labute approximate surface area is 202 Å². The smallest absolute Gasteiger partial charge is 0.256 e. The van der Waals surface area contributed by atoms with E-state index in [0.717, 1.165) is 30.8 Å². The van der Waals surface area contributed by atoms with Crippen molar-refractivity contribution < 1.29 is 23.9 Å². The number of likely N-dealkylation sites (N-methyl/N-ethyl adjacent to an activating group) is 1. The molecule has 186 valence electrons. The predicted molar refractivity (Wildman–Crippen MR) is 132 cm³/mol. The third-order valence-electron chi connectivity index (χ3n) is 6.35. The van der Waals surface area contributed by atoms with Crippen molar-refractivity contribution in [1.82, 2.24) is 15.2 Å². The highest BCUT2D eigenvalue weighted by molar-refractivity contribution is 6.35. The standard InChI is InChI=1S/C25H30FN5O4/c1-4-27-7-9-31-8-5-6-18-22(25(31)35)13(2)19(28-18)11-16-15-10-17(26)21(30-23(33)14(3)32)12-20(15)29-24(16)34/h10-12,14,27-28,32H,4-9H2,1-3H3,(H,29,34)(H,30,33)/b16-11-. The van der Waals surface area contributed by atoms with E-state index in [-0.39, 0.29) is 17.2 Å².